The fourth-order valence-corrected chi connectivity index (χ4v) is 1.29. The third-order valence-corrected chi connectivity index (χ3v) is 2.37. The van der Waals surface area contributed by atoms with Gasteiger partial charge in [0.2, 0.25) is 0 Å². The van der Waals surface area contributed by atoms with Crippen LogP contribution in [-0.4, -0.2) is 27.1 Å². The molecule has 1 aromatic heterocycles. The minimum Gasteiger partial charge on any atom is -0.330 e. The van der Waals surface area contributed by atoms with E-state index < -0.39 is 0 Å². The summed E-state index contributed by atoms with van der Waals surface area (Å²) in [7, 11) is 0. The summed E-state index contributed by atoms with van der Waals surface area (Å²) in [6.07, 6.45) is 1.80. The molecule has 0 radical (unpaired) electrons. The van der Waals surface area contributed by atoms with Gasteiger partial charge in [-0.05, 0) is 13.8 Å². The van der Waals surface area contributed by atoms with Gasteiger partial charge in [-0.25, -0.2) is 9.67 Å². The van der Waals surface area contributed by atoms with Crippen LogP contribution in [0.4, 0.5) is 0 Å². The van der Waals surface area contributed by atoms with E-state index in [1.165, 1.54) is 6.33 Å². The number of aromatic nitrogens is 3. The van der Waals surface area contributed by atoms with E-state index in [4.69, 9.17) is 5.73 Å². The van der Waals surface area contributed by atoms with E-state index in [0.717, 1.165) is 5.82 Å². The maximum Gasteiger partial charge on any atom is 0.144 e. The monoisotopic (exact) mass is 210 g/mol. The number of hydrogen-bond acceptors (Lipinski definition) is 4. The van der Waals surface area contributed by atoms with Crippen LogP contribution in [0.15, 0.2) is 6.33 Å². The predicted octanol–water partition coefficient (Wildman–Crippen LogP) is 0.565. The molecule has 0 aromatic carbocycles. The second-order valence-corrected chi connectivity index (χ2v) is 3.99. The van der Waals surface area contributed by atoms with Gasteiger partial charge in [-0.2, -0.15) is 5.10 Å². The lowest BCUT2D eigenvalue weighted by Crippen LogP contribution is -2.24. The number of Topliss-reactive ketones (excluding diaryl/α,β-unsaturated/α-hetero) is 1. The van der Waals surface area contributed by atoms with Gasteiger partial charge in [0.05, 0.1) is 6.42 Å². The lowest BCUT2D eigenvalue weighted by molar-refractivity contribution is -0.121. The van der Waals surface area contributed by atoms with Crippen LogP contribution in [0.5, 0.6) is 0 Å². The molecule has 0 fully saturated rings. The Kier molecular flexibility index (Phi) is 3.96. The first-order valence-electron chi connectivity index (χ1n) is 5.17. The highest BCUT2D eigenvalue weighted by atomic mass is 16.1. The van der Waals surface area contributed by atoms with Crippen LogP contribution in [0.1, 0.15) is 32.6 Å². The molecule has 84 valence electrons. The molecule has 15 heavy (non-hydrogen) atoms. The largest absolute Gasteiger partial charge is 0.330 e. The summed E-state index contributed by atoms with van der Waals surface area (Å²) in [5.74, 6) is 0.727. The molecule has 0 saturated carbocycles. The maximum absolute atomic E-state index is 11.7. The summed E-state index contributed by atoms with van der Waals surface area (Å²) >= 11 is 0. The molecule has 5 nitrogen and oxygen atoms in total. The van der Waals surface area contributed by atoms with Gasteiger partial charge in [-0.1, -0.05) is 6.92 Å². The Bertz CT molecular complexity index is 332. The number of nitrogens with two attached hydrogens (primary N) is 1. The fourth-order valence-electron chi connectivity index (χ4n) is 1.29. The van der Waals surface area contributed by atoms with Gasteiger partial charge in [0.15, 0.2) is 0 Å². The summed E-state index contributed by atoms with van der Waals surface area (Å²) in [5.41, 5.74) is 5.44. The van der Waals surface area contributed by atoms with Crippen LogP contribution in [0.25, 0.3) is 0 Å². The Morgan fingerprint density at radius 2 is 2.20 bits per heavy atom. The molecule has 0 aliphatic heterocycles. The Balaban J connectivity index is 2.72. The summed E-state index contributed by atoms with van der Waals surface area (Å²) in [6, 6.07) is 0.225. The molecule has 0 bridgehead atoms. The first-order chi connectivity index (χ1) is 7.06. The van der Waals surface area contributed by atoms with Crippen molar-refractivity contribution in [2.75, 3.05) is 6.54 Å². The van der Waals surface area contributed by atoms with Crippen molar-refractivity contribution < 1.29 is 4.79 Å². The van der Waals surface area contributed by atoms with Crippen molar-refractivity contribution in [2.24, 2.45) is 11.7 Å². The van der Waals surface area contributed by atoms with E-state index in [9.17, 15) is 4.79 Å². The Labute approximate surface area is 89.7 Å². The highest BCUT2D eigenvalue weighted by Gasteiger charge is 2.16. The van der Waals surface area contributed by atoms with Crippen molar-refractivity contribution in [3.63, 3.8) is 0 Å². The number of ketones is 1. The predicted molar refractivity (Wildman–Crippen MR) is 57.3 cm³/mol. The van der Waals surface area contributed by atoms with Crippen molar-refractivity contribution in [2.45, 2.75) is 33.2 Å². The minimum absolute atomic E-state index is 0.109. The maximum atomic E-state index is 11.7. The number of nitrogens with zero attached hydrogens (tertiary/aromatic N) is 3. The van der Waals surface area contributed by atoms with E-state index in [-0.39, 0.29) is 17.7 Å². The number of rotatable bonds is 5. The van der Waals surface area contributed by atoms with Crippen LogP contribution in [0.3, 0.4) is 0 Å². The molecule has 0 aliphatic carbocycles. The zero-order valence-corrected chi connectivity index (χ0v) is 9.47. The molecule has 1 heterocycles. The van der Waals surface area contributed by atoms with Crippen LogP contribution in [0.2, 0.25) is 0 Å². The van der Waals surface area contributed by atoms with Crippen molar-refractivity contribution >= 4 is 5.78 Å². The zero-order chi connectivity index (χ0) is 11.4. The zero-order valence-electron chi connectivity index (χ0n) is 9.47. The first-order valence-corrected chi connectivity index (χ1v) is 5.17. The summed E-state index contributed by atoms with van der Waals surface area (Å²) in [5, 5.41) is 4.08. The van der Waals surface area contributed by atoms with Crippen LogP contribution in [-0.2, 0) is 11.2 Å². The molecule has 1 unspecified atom stereocenters. The minimum atomic E-state index is -0.109. The molecule has 0 saturated heterocycles. The van der Waals surface area contributed by atoms with Gasteiger partial charge in [0.25, 0.3) is 0 Å². The molecular formula is C10H18N4O. The lowest BCUT2D eigenvalue weighted by Gasteiger charge is -2.10. The SMILES string of the molecule is CC(CN)C(=O)Cc1ncnn1C(C)C. The highest BCUT2D eigenvalue weighted by molar-refractivity contribution is 5.82. The summed E-state index contributed by atoms with van der Waals surface area (Å²) in [4.78, 5) is 15.7. The van der Waals surface area contributed by atoms with E-state index in [2.05, 4.69) is 10.1 Å². The third kappa shape index (κ3) is 2.86. The van der Waals surface area contributed by atoms with Gasteiger partial charge in [-0.3, -0.25) is 4.79 Å². The van der Waals surface area contributed by atoms with E-state index in [1.807, 2.05) is 20.8 Å². The molecule has 5 heteroatoms. The van der Waals surface area contributed by atoms with Gasteiger partial charge in [0, 0.05) is 18.5 Å². The lowest BCUT2D eigenvalue weighted by atomic mass is 10.0. The standard InChI is InChI=1S/C10H18N4O/c1-7(2)14-10(12-6-13-14)4-9(15)8(3)5-11/h6-8H,4-5,11H2,1-3H3. The molecular weight excluding hydrogens is 192 g/mol. The normalized spacial score (nSPS) is 13.1. The smallest absolute Gasteiger partial charge is 0.144 e. The van der Waals surface area contributed by atoms with Gasteiger partial charge < -0.3 is 5.73 Å². The molecule has 0 aliphatic rings. The molecule has 2 N–H and O–H groups in total. The van der Waals surface area contributed by atoms with E-state index in [1.54, 1.807) is 4.68 Å². The average molecular weight is 210 g/mol. The Hall–Kier alpha value is -1.23. The second kappa shape index (κ2) is 5.02. The van der Waals surface area contributed by atoms with Gasteiger partial charge in [-0.15, -0.1) is 0 Å². The number of hydrogen-bond donors (Lipinski definition) is 1. The average Bonchev–Trinajstić information content (AvgIpc) is 2.64. The third-order valence-electron chi connectivity index (χ3n) is 2.37. The number of carbonyl (C=O) groups excluding carboxylic acids is 1. The molecule has 1 rings (SSSR count). The van der Waals surface area contributed by atoms with Gasteiger partial charge >= 0.3 is 0 Å². The van der Waals surface area contributed by atoms with Crippen LogP contribution in [0, 0.1) is 5.92 Å². The molecule has 0 spiro atoms. The van der Waals surface area contributed by atoms with Crippen LogP contribution < -0.4 is 5.73 Å². The summed E-state index contributed by atoms with van der Waals surface area (Å²) < 4.78 is 1.77. The molecule has 1 atom stereocenters. The topological polar surface area (TPSA) is 73.8 Å². The van der Waals surface area contributed by atoms with E-state index >= 15 is 0 Å². The summed E-state index contributed by atoms with van der Waals surface area (Å²) in [6.45, 7) is 6.23. The van der Waals surface area contributed by atoms with Crippen molar-refractivity contribution in [3.8, 4) is 0 Å². The van der Waals surface area contributed by atoms with Crippen molar-refractivity contribution in [1.29, 1.82) is 0 Å². The van der Waals surface area contributed by atoms with Crippen molar-refractivity contribution in [3.05, 3.63) is 12.2 Å². The molecule has 0 amide bonds. The fraction of sp³-hybridized carbons (Fsp3) is 0.700. The quantitative estimate of drug-likeness (QED) is 0.770. The first kappa shape index (κ1) is 11.8. The van der Waals surface area contributed by atoms with Crippen LogP contribution >= 0.6 is 0 Å². The Morgan fingerprint density at radius 1 is 1.53 bits per heavy atom. The van der Waals surface area contributed by atoms with Gasteiger partial charge in [0.1, 0.15) is 17.9 Å². The van der Waals surface area contributed by atoms with Crippen molar-refractivity contribution in [1.82, 2.24) is 14.8 Å². The number of carbonyl (C=O) groups is 1. The second-order valence-electron chi connectivity index (χ2n) is 3.99. The highest BCUT2D eigenvalue weighted by Crippen LogP contribution is 2.08. The Morgan fingerprint density at radius 3 is 2.73 bits per heavy atom. The van der Waals surface area contributed by atoms with E-state index in [0.29, 0.717) is 13.0 Å². The molecule has 1 aromatic rings.